The molecule has 8 heteroatoms. The van der Waals surface area contributed by atoms with Gasteiger partial charge in [0.15, 0.2) is 34.9 Å². The Morgan fingerprint density at radius 1 is 0.893 bits per heavy atom. The Bertz CT molecular complexity index is 880. The van der Waals surface area contributed by atoms with Gasteiger partial charge in [-0.25, -0.2) is 0 Å². The number of rotatable bonds is 6. The third-order valence-corrected chi connectivity index (χ3v) is 4.65. The number of fused-ring (bicyclic) bond motifs is 1. The third kappa shape index (κ3) is 3.00. The van der Waals surface area contributed by atoms with Gasteiger partial charge in [-0.2, -0.15) is 0 Å². The van der Waals surface area contributed by atoms with E-state index in [0.29, 0.717) is 22.8 Å². The fraction of sp³-hybridized carbons (Fsp3) is 0.350. The maximum Gasteiger partial charge on any atom is 0.206 e. The minimum atomic E-state index is -0.993. The average Bonchev–Trinajstić information content (AvgIpc) is 2.72. The Labute approximate surface area is 162 Å². The number of hydrogen-bond donors (Lipinski definition) is 1. The number of hydrogen-bond acceptors (Lipinski definition) is 8. The van der Waals surface area contributed by atoms with Gasteiger partial charge in [-0.3, -0.25) is 4.79 Å². The van der Waals surface area contributed by atoms with Crippen LogP contribution in [0.1, 0.15) is 5.56 Å². The maximum atomic E-state index is 12.8. The lowest BCUT2D eigenvalue weighted by Crippen LogP contribution is -2.41. The number of ketones is 1. The van der Waals surface area contributed by atoms with Gasteiger partial charge in [0.05, 0.1) is 35.5 Å². The highest BCUT2D eigenvalue weighted by atomic mass is 16.6. The van der Waals surface area contributed by atoms with Crippen LogP contribution in [-0.2, 0) is 23.7 Å². The summed E-state index contributed by atoms with van der Waals surface area (Å²) < 4.78 is 32.6. The van der Waals surface area contributed by atoms with Crippen LogP contribution in [0.5, 0.6) is 11.5 Å². The van der Waals surface area contributed by atoms with Crippen molar-refractivity contribution < 1.29 is 38.3 Å². The summed E-state index contributed by atoms with van der Waals surface area (Å²) in [6.07, 6.45) is 0.427. The van der Waals surface area contributed by atoms with Crippen molar-refractivity contribution in [2.45, 2.75) is 6.10 Å². The van der Waals surface area contributed by atoms with E-state index >= 15 is 0 Å². The zero-order valence-corrected chi connectivity index (χ0v) is 16.3. The first-order valence-corrected chi connectivity index (χ1v) is 8.44. The van der Waals surface area contributed by atoms with Crippen molar-refractivity contribution in [1.29, 1.82) is 0 Å². The molecule has 1 aliphatic heterocycles. The van der Waals surface area contributed by atoms with Gasteiger partial charge in [-0.15, -0.1) is 0 Å². The lowest BCUT2D eigenvalue weighted by Gasteiger charge is -2.35. The first kappa shape index (κ1) is 19.5. The molecular formula is C20H22O8. The molecule has 3 rings (SSSR count). The first-order chi connectivity index (χ1) is 13.5. The highest BCUT2D eigenvalue weighted by molar-refractivity contribution is 6.01. The molecule has 0 fully saturated rings. The van der Waals surface area contributed by atoms with Crippen LogP contribution in [0.15, 0.2) is 47.3 Å². The molecule has 1 aromatic carbocycles. The number of aliphatic hydroxyl groups is 1. The van der Waals surface area contributed by atoms with Crippen molar-refractivity contribution in [1.82, 2.24) is 0 Å². The summed E-state index contributed by atoms with van der Waals surface area (Å²) in [6.45, 7) is 0. The van der Waals surface area contributed by atoms with Crippen LogP contribution in [0.2, 0.25) is 0 Å². The molecule has 0 saturated carbocycles. The van der Waals surface area contributed by atoms with E-state index in [1.807, 2.05) is 0 Å². The van der Waals surface area contributed by atoms with Gasteiger partial charge in [-0.1, -0.05) is 0 Å². The SMILES string of the molecule is COC1=C(O)[C@H]2C(=O)C=C(c3ccc(OC)c(OC)c3)O[C@H]2C(OC)=C1OC. The molecule has 1 heterocycles. The molecule has 0 spiro atoms. The maximum absolute atomic E-state index is 12.8. The van der Waals surface area contributed by atoms with Crippen LogP contribution in [0, 0.1) is 5.92 Å². The van der Waals surface area contributed by atoms with Gasteiger partial charge < -0.3 is 33.5 Å². The van der Waals surface area contributed by atoms with Gasteiger partial charge in [0, 0.05) is 11.6 Å². The number of carbonyl (C=O) groups is 1. The Morgan fingerprint density at radius 2 is 1.57 bits per heavy atom. The smallest absolute Gasteiger partial charge is 0.206 e. The molecule has 0 aromatic heterocycles. The number of ether oxygens (including phenoxy) is 6. The molecule has 2 atom stereocenters. The Hall–Kier alpha value is -3.29. The lowest BCUT2D eigenvalue weighted by atomic mass is 9.85. The number of methoxy groups -OCH3 is 5. The van der Waals surface area contributed by atoms with Crippen molar-refractivity contribution in [3.8, 4) is 11.5 Å². The number of aliphatic hydroxyl groups excluding tert-OH is 1. The summed E-state index contributed by atoms with van der Waals surface area (Å²) in [7, 11) is 7.28. The highest BCUT2D eigenvalue weighted by Crippen LogP contribution is 2.42. The van der Waals surface area contributed by atoms with Gasteiger partial charge >= 0.3 is 0 Å². The predicted molar refractivity (Wildman–Crippen MR) is 98.6 cm³/mol. The summed E-state index contributed by atoms with van der Waals surface area (Å²) >= 11 is 0. The first-order valence-electron chi connectivity index (χ1n) is 8.44. The molecule has 0 radical (unpaired) electrons. The number of carbonyl (C=O) groups excluding carboxylic acids is 1. The molecular weight excluding hydrogens is 368 g/mol. The van der Waals surface area contributed by atoms with Gasteiger partial charge in [0.2, 0.25) is 11.5 Å². The van der Waals surface area contributed by atoms with E-state index < -0.39 is 12.0 Å². The largest absolute Gasteiger partial charge is 0.507 e. The van der Waals surface area contributed by atoms with Crippen molar-refractivity contribution in [2.24, 2.45) is 5.92 Å². The lowest BCUT2D eigenvalue weighted by molar-refractivity contribution is -0.123. The van der Waals surface area contributed by atoms with E-state index in [9.17, 15) is 9.90 Å². The topological polar surface area (TPSA) is 92.7 Å². The minimum absolute atomic E-state index is 0.0421. The van der Waals surface area contributed by atoms with Crippen LogP contribution >= 0.6 is 0 Å². The van der Waals surface area contributed by atoms with Crippen LogP contribution in [0.4, 0.5) is 0 Å². The summed E-state index contributed by atoms with van der Waals surface area (Å²) in [4.78, 5) is 12.8. The summed E-state index contributed by atoms with van der Waals surface area (Å²) in [5, 5.41) is 10.6. The Morgan fingerprint density at radius 3 is 2.14 bits per heavy atom. The van der Waals surface area contributed by atoms with Crippen molar-refractivity contribution in [2.75, 3.05) is 35.5 Å². The highest BCUT2D eigenvalue weighted by Gasteiger charge is 2.48. The molecule has 1 aromatic rings. The zero-order chi connectivity index (χ0) is 20.4. The quantitative estimate of drug-likeness (QED) is 0.792. The van der Waals surface area contributed by atoms with Crippen LogP contribution < -0.4 is 9.47 Å². The fourth-order valence-corrected chi connectivity index (χ4v) is 3.33. The van der Waals surface area contributed by atoms with E-state index in [0.717, 1.165) is 0 Å². The number of benzene rings is 1. The van der Waals surface area contributed by atoms with Crippen molar-refractivity contribution in [3.05, 3.63) is 52.9 Å². The van der Waals surface area contributed by atoms with E-state index in [4.69, 9.17) is 28.4 Å². The van der Waals surface area contributed by atoms with Gasteiger partial charge in [0.1, 0.15) is 11.7 Å². The summed E-state index contributed by atoms with van der Waals surface area (Å²) in [5.41, 5.74) is 0.611. The normalized spacial score (nSPS) is 21.5. The molecule has 0 unspecified atom stereocenters. The Balaban J connectivity index is 2.08. The Kier molecular flexibility index (Phi) is 5.39. The molecule has 0 saturated heterocycles. The van der Waals surface area contributed by atoms with Crippen molar-refractivity contribution >= 4 is 11.5 Å². The predicted octanol–water partition coefficient (Wildman–Crippen LogP) is 2.56. The van der Waals surface area contributed by atoms with Gasteiger partial charge in [0.25, 0.3) is 0 Å². The second-order valence-electron chi connectivity index (χ2n) is 6.02. The van der Waals surface area contributed by atoms with Crippen LogP contribution in [-0.4, -0.2) is 52.5 Å². The second kappa shape index (κ2) is 7.75. The molecule has 0 bridgehead atoms. The average molecular weight is 390 g/mol. The minimum Gasteiger partial charge on any atom is -0.507 e. The molecule has 150 valence electrons. The summed E-state index contributed by atoms with van der Waals surface area (Å²) in [5.74, 6) is 0.211. The number of allylic oxidation sites excluding steroid dienone is 1. The summed E-state index contributed by atoms with van der Waals surface area (Å²) in [6, 6.07) is 5.15. The van der Waals surface area contributed by atoms with E-state index in [1.54, 1.807) is 18.2 Å². The van der Waals surface area contributed by atoms with E-state index in [1.165, 1.54) is 41.6 Å². The molecule has 2 aliphatic rings. The van der Waals surface area contributed by atoms with Crippen LogP contribution in [0.3, 0.4) is 0 Å². The third-order valence-electron chi connectivity index (χ3n) is 4.65. The zero-order valence-electron chi connectivity index (χ0n) is 16.3. The van der Waals surface area contributed by atoms with Gasteiger partial charge in [-0.05, 0) is 18.2 Å². The monoisotopic (exact) mass is 390 g/mol. The standard InChI is InChI=1S/C20H22O8/c1-23-12-7-6-10(8-14(12)24-2)13-9-11(21)15-16(22)18(25-3)20(27-5)19(26-4)17(15)28-13/h6-9,15,17,22H,1-5H3/t15-,17-/m1/s1. The molecule has 8 nitrogen and oxygen atoms in total. The van der Waals surface area contributed by atoms with Crippen LogP contribution in [0.25, 0.3) is 5.76 Å². The fourth-order valence-electron chi connectivity index (χ4n) is 3.33. The van der Waals surface area contributed by atoms with E-state index in [2.05, 4.69) is 0 Å². The van der Waals surface area contributed by atoms with E-state index in [-0.39, 0.29) is 28.8 Å². The molecule has 28 heavy (non-hydrogen) atoms. The molecule has 1 N–H and O–H groups in total. The molecule has 0 amide bonds. The van der Waals surface area contributed by atoms with Crippen molar-refractivity contribution in [3.63, 3.8) is 0 Å². The molecule has 1 aliphatic carbocycles. The second-order valence-corrected chi connectivity index (χ2v) is 6.02.